The Morgan fingerprint density at radius 3 is 1.36 bits per heavy atom. The number of nitrogens with one attached hydrogen (secondary N) is 2. The van der Waals surface area contributed by atoms with Crippen LogP contribution in [0.4, 0.5) is 0 Å². The molecule has 0 radical (unpaired) electrons. The molecule has 2 N–H and O–H groups in total. The van der Waals surface area contributed by atoms with Gasteiger partial charge in [-0.3, -0.25) is 9.59 Å². The molecule has 2 amide bonds. The highest BCUT2D eigenvalue weighted by atomic mass is 16.2. The fourth-order valence-corrected chi connectivity index (χ4v) is 3.35. The highest BCUT2D eigenvalue weighted by molar-refractivity contribution is 5.99. The number of aryl methyl sites for hydroxylation is 2. The third kappa shape index (κ3) is 9.39. The third-order valence-electron chi connectivity index (χ3n) is 5.33. The summed E-state index contributed by atoms with van der Waals surface area (Å²) < 4.78 is 0. The molecule has 176 valence electrons. The van der Waals surface area contributed by atoms with Crippen LogP contribution in [0, 0.1) is 0 Å². The maximum absolute atomic E-state index is 12.0. The molecule has 6 heteroatoms. The van der Waals surface area contributed by atoms with Crippen molar-refractivity contribution in [1.82, 2.24) is 10.9 Å². The second-order valence-corrected chi connectivity index (χ2v) is 8.21. The third-order valence-corrected chi connectivity index (χ3v) is 5.33. The van der Waals surface area contributed by atoms with Crippen LogP contribution in [0.25, 0.3) is 0 Å². The summed E-state index contributed by atoms with van der Waals surface area (Å²) in [5.74, 6) is -0.423. The highest BCUT2D eigenvalue weighted by Crippen LogP contribution is 2.09. The number of hydrogen-bond acceptors (Lipinski definition) is 4. The van der Waals surface area contributed by atoms with Crippen molar-refractivity contribution < 1.29 is 9.59 Å². The highest BCUT2D eigenvalue weighted by Gasteiger charge is 2.06. The van der Waals surface area contributed by atoms with Crippen molar-refractivity contribution >= 4 is 23.2 Å². The molecule has 0 unspecified atom stereocenters. The maximum Gasteiger partial charge on any atom is 0.240 e. The summed E-state index contributed by atoms with van der Waals surface area (Å²) in [5, 5.41) is 8.35. The first-order valence-electron chi connectivity index (χ1n) is 11.8. The predicted molar refractivity (Wildman–Crippen MR) is 135 cm³/mol. The average Bonchev–Trinajstić information content (AvgIpc) is 2.82. The van der Waals surface area contributed by atoms with E-state index in [1.54, 1.807) is 0 Å². The van der Waals surface area contributed by atoms with Gasteiger partial charge < -0.3 is 0 Å². The second-order valence-electron chi connectivity index (χ2n) is 8.21. The number of benzene rings is 2. The van der Waals surface area contributed by atoms with E-state index in [0.717, 1.165) is 48.2 Å². The minimum atomic E-state index is -0.211. The maximum atomic E-state index is 12.0. The molecular weight excluding hydrogens is 412 g/mol. The van der Waals surface area contributed by atoms with Gasteiger partial charge in [-0.25, -0.2) is 10.9 Å². The normalized spacial score (nSPS) is 11.9. The van der Waals surface area contributed by atoms with Crippen molar-refractivity contribution in [3.63, 3.8) is 0 Å². The Morgan fingerprint density at radius 1 is 0.667 bits per heavy atom. The van der Waals surface area contributed by atoms with Crippen LogP contribution in [-0.2, 0) is 22.4 Å². The first-order valence-corrected chi connectivity index (χ1v) is 11.8. The molecule has 0 aliphatic rings. The molecule has 0 fully saturated rings. The lowest BCUT2D eigenvalue weighted by Gasteiger charge is -2.05. The van der Waals surface area contributed by atoms with E-state index in [4.69, 9.17) is 0 Å². The Balaban J connectivity index is 1.72. The van der Waals surface area contributed by atoms with Crippen LogP contribution in [0.5, 0.6) is 0 Å². The zero-order chi connectivity index (χ0) is 24.1. The summed E-state index contributed by atoms with van der Waals surface area (Å²) in [4.78, 5) is 24.1. The van der Waals surface area contributed by atoms with Gasteiger partial charge in [0.25, 0.3) is 0 Å². The Morgan fingerprint density at radius 2 is 1.03 bits per heavy atom. The Labute approximate surface area is 197 Å². The van der Waals surface area contributed by atoms with Crippen molar-refractivity contribution in [2.75, 3.05) is 0 Å². The summed E-state index contributed by atoms with van der Waals surface area (Å²) in [7, 11) is 0. The van der Waals surface area contributed by atoms with Crippen LogP contribution >= 0.6 is 0 Å². The molecular formula is C27H36N4O2. The summed E-state index contributed by atoms with van der Waals surface area (Å²) in [5.41, 5.74) is 11.2. The SMILES string of the molecule is CCCc1ccc(/C(C)=N/NC(=O)CCCC(=O)N/N=C(\C)c2ccc(CCC)cc2)cc1. The van der Waals surface area contributed by atoms with E-state index in [1.165, 1.54) is 11.1 Å². The lowest BCUT2D eigenvalue weighted by Crippen LogP contribution is -2.21. The first kappa shape index (κ1) is 26.0. The lowest BCUT2D eigenvalue weighted by molar-refractivity contribution is -0.122. The van der Waals surface area contributed by atoms with Gasteiger partial charge in [0, 0.05) is 12.8 Å². The standard InChI is InChI=1S/C27H36N4O2/c1-5-8-22-12-16-24(17-13-22)20(3)28-30-26(32)10-7-11-27(33)31-29-21(4)25-18-14-23(9-6-2)15-19-25/h12-19H,5-11H2,1-4H3,(H,30,32)(H,31,33)/b28-20+,29-21+. The molecule has 0 atom stereocenters. The first-order chi connectivity index (χ1) is 15.9. The van der Waals surface area contributed by atoms with E-state index in [0.29, 0.717) is 6.42 Å². The van der Waals surface area contributed by atoms with Crippen molar-refractivity contribution in [3.8, 4) is 0 Å². The van der Waals surface area contributed by atoms with E-state index < -0.39 is 0 Å². The molecule has 2 aromatic carbocycles. The van der Waals surface area contributed by atoms with E-state index >= 15 is 0 Å². The van der Waals surface area contributed by atoms with Gasteiger partial charge in [0.1, 0.15) is 0 Å². The van der Waals surface area contributed by atoms with E-state index in [9.17, 15) is 9.59 Å². The van der Waals surface area contributed by atoms with E-state index in [2.05, 4.69) is 59.2 Å². The predicted octanol–water partition coefficient (Wildman–Crippen LogP) is 5.14. The largest absolute Gasteiger partial charge is 0.273 e. The molecule has 0 heterocycles. The molecule has 0 aliphatic carbocycles. The topological polar surface area (TPSA) is 82.9 Å². The van der Waals surface area contributed by atoms with Gasteiger partial charge >= 0.3 is 0 Å². The fourth-order valence-electron chi connectivity index (χ4n) is 3.35. The molecule has 2 aromatic rings. The molecule has 0 aliphatic heterocycles. The smallest absolute Gasteiger partial charge is 0.240 e. The number of nitrogens with zero attached hydrogens (tertiary/aromatic N) is 2. The van der Waals surface area contributed by atoms with Crippen molar-refractivity contribution in [1.29, 1.82) is 0 Å². The zero-order valence-corrected chi connectivity index (χ0v) is 20.3. The Hall–Kier alpha value is -3.28. The summed E-state index contributed by atoms with van der Waals surface area (Å²) in [6, 6.07) is 16.4. The summed E-state index contributed by atoms with van der Waals surface area (Å²) >= 11 is 0. The van der Waals surface area contributed by atoms with Crippen molar-refractivity contribution in [2.45, 2.75) is 72.6 Å². The molecule has 0 saturated heterocycles. The molecule has 6 nitrogen and oxygen atoms in total. The van der Waals surface area contributed by atoms with Crippen molar-refractivity contribution in [3.05, 3.63) is 70.8 Å². The van der Waals surface area contributed by atoms with Crippen LogP contribution in [0.1, 0.15) is 82.1 Å². The van der Waals surface area contributed by atoms with Gasteiger partial charge in [-0.05, 0) is 55.4 Å². The number of carbonyl (C=O) groups excluding carboxylic acids is 2. The zero-order valence-electron chi connectivity index (χ0n) is 20.3. The quantitative estimate of drug-likeness (QED) is 0.348. The van der Waals surface area contributed by atoms with Crippen LogP contribution in [0.15, 0.2) is 58.7 Å². The van der Waals surface area contributed by atoms with Crippen LogP contribution < -0.4 is 10.9 Å². The number of rotatable bonds is 12. The lowest BCUT2D eigenvalue weighted by atomic mass is 10.1. The Kier molecular flexibility index (Phi) is 11.0. The molecule has 0 saturated carbocycles. The van der Waals surface area contributed by atoms with Gasteiger partial charge in [0.15, 0.2) is 0 Å². The number of carbonyl (C=O) groups is 2. The molecule has 0 aromatic heterocycles. The van der Waals surface area contributed by atoms with Crippen LogP contribution in [0.2, 0.25) is 0 Å². The molecule has 2 rings (SSSR count). The molecule has 33 heavy (non-hydrogen) atoms. The minimum Gasteiger partial charge on any atom is -0.273 e. The van der Waals surface area contributed by atoms with E-state index in [1.807, 2.05) is 38.1 Å². The van der Waals surface area contributed by atoms with Gasteiger partial charge in [0.2, 0.25) is 11.8 Å². The summed E-state index contributed by atoms with van der Waals surface area (Å²) in [6.45, 7) is 8.03. The van der Waals surface area contributed by atoms with E-state index in [-0.39, 0.29) is 24.7 Å². The van der Waals surface area contributed by atoms with Gasteiger partial charge in [0.05, 0.1) is 11.4 Å². The number of hydrogen-bond donors (Lipinski definition) is 2. The average molecular weight is 449 g/mol. The van der Waals surface area contributed by atoms with Gasteiger partial charge in [-0.15, -0.1) is 0 Å². The molecule has 0 bridgehead atoms. The minimum absolute atomic E-state index is 0.211. The fraction of sp³-hybridized carbons (Fsp3) is 0.407. The summed E-state index contributed by atoms with van der Waals surface area (Å²) in [6.07, 6.45) is 5.20. The van der Waals surface area contributed by atoms with Gasteiger partial charge in [-0.1, -0.05) is 75.2 Å². The van der Waals surface area contributed by atoms with Crippen LogP contribution in [-0.4, -0.2) is 23.2 Å². The number of hydrazone groups is 2. The Bertz CT molecular complexity index is 881. The number of amides is 2. The van der Waals surface area contributed by atoms with Crippen LogP contribution in [0.3, 0.4) is 0 Å². The second kappa shape index (κ2) is 14.0. The van der Waals surface area contributed by atoms with Gasteiger partial charge in [-0.2, -0.15) is 10.2 Å². The monoisotopic (exact) mass is 448 g/mol. The molecule has 0 spiro atoms. The van der Waals surface area contributed by atoms with Crippen molar-refractivity contribution in [2.24, 2.45) is 10.2 Å².